The Labute approximate surface area is 194 Å². The molecule has 0 aliphatic carbocycles. The largest absolute Gasteiger partial charge is 0.342 e. The van der Waals surface area contributed by atoms with Gasteiger partial charge in [-0.25, -0.2) is 4.98 Å². The molecule has 1 aromatic heterocycles. The van der Waals surface area contributed by atoms with Gasteiger partial charge in [-0.15, -0.1) is 0 Å². The van der Waals surface area contributed by atoms with E-state index in [1.54, 1.807) is 4.57 Å². The van der Waals surface area contributed by atoms with Crippen molar-refractivity contribution in [3.63, 3.8) is 0 Å². The quantitative estimate of drug-likeness (QED) is 0.275. The molecule has 5 nitrogen and oxygen atoms in total. The summed E-state index contributed by atoms with van der Waals surface area (Å²) in [6, 6.07) is 13.5. The first kappa shape index (κ1) is 21.4. The highest BCUT2D eigenvalue weighted by Gasteiger charge is 2.25. The number of halogens is 1. The zero-order valence-electron chi connectivity index (χ0n) is 17.1. The maximum absolute atomic E-state index is 13.5. The number of aromatic nitrogens is 2. The number of carbonyl (C=O) groups is 1. The molecule has 156 valence electrons. The minimum atomic E-state index is -0.313. The lowest BCUT2D eigenvalue weighted by Crippen LogP contribution is -2.40. The van der Waals surface area contributed by atoms with Gasteiger partial charge in [0.25, 0.3) is 5.56 Å². The molecule has 0 N–H and O–H groups in total. The van der Waals surface area contributed by atoms with Gasteiger partial charge in [0.05, 0.1) is 21.8 Å². The maximum atomic E-state index is 13.5. The molecular weight excluding hydrogens is 509 g/mol. The fourth-order valence-corrected chi connectivity index (χ4v) is 5.29. The van der Waals surface area contributed by atoms with E-state index in [9.17, 15) is 9.59 Å². The van der Waals surface area contributed by atoms with Crippen molar-refractivity contribution in [2.75, 3.05) is 13.1 Å². The molecular formula is C23H24IN3O2S. The SMILES string of the molecule is Cc1cccc(-n2c(S[C@@H](C)C(=O)N3CCCCC3)nc3ccc(I)cc3c2=O)c1. The van der Waals surface area contributed by atoms with Crippen LogP contribution in [0.5, 0.6) is 0 Å². The Bertz CT molecular complexity index is 1150. The highest BCUT2D eigenvalue weighted by Crippen LogP contribution is 2.27. The molecule has 0 radical (unpaired) electrons. The van der Waals surface area contributed by atoms with Gasteiger partial charge in [-0.3, -0.25) is 14.2 Å². The van der Waals surface area contributed by atoms with E-state index < -0.39 is 0 Å². The second-order valence-electron chi connectivity index (χ2n) is 7.68. The predicted octanol–water partition coefficient (Wildman–Crippen LogP) is 4.79. The summed E-state index contributed by atoms with van der Waals surface area (Å²) in [6.45, 7) is 5.55. The molecule has 0 bridgehead atoms. The third-order valence-electron chi connectivity index (χ3n) is 5.36. The number of piperidine rings is 1. The van der Waals surface area contributed by atoms with E-state index in [1.165, 1.54) is 18.2 Å². The van der Waals surface area contributed by atoms with E-state index in [4.69, 9.17) is 4.98 Å². The first-order valence-corrected chi connectivity index (χ1v) is 12.1. The summed E-state index contributed by atoms with van der Waals surface area (Å²) in [5, 5.41) is 0.826. The Morgan fingerprint density at radius 1 is 1.13 bits per heavy atom. The van der Waals surface area contributed by atoms with Crippen LogP contribution in [0.15, 0.2) is 52.4 Å². The molecule has 0 saturated carbocycles. The highest BCUT2D eigenvalue weighted by molar-refractivity contribution is 14.1. The molecule has 1 fully saturated rings. The summed E-state index contributed by atoms with van der Waals surface area (Å²) in [4.78, 5) is 33.2. The van der Waals surface area contributed by atoms with E-state index in [1.807, 2.05) is 61.2 Å². The van der Waals surface area contributed by atoms with Crippen molar-refractivity contribution >= 4 is 51.2 Å². The molecule has 2 aromatic carbocycles. The summed E-state index contributed by atoms with van der Waals surface area (Å²) >= 11 is 3.57. The number of hydrogen-bond donors (Lipinski definition) is 0. The van der Waals surface area contributed by atoms with Gasteiger partial charge in [0, 0.05) is 16.7 Å². The van der Waals surface area contributed by atoms with E-state index in [-0.39, 0.29) is 16.7 Å². The minimum absolute atomic E-state index is 0.107. The van der Waals surface area contributed by atoms with Gasteiger partial charge in [-0.05, 0) is 91.6 Å². The van der Waals surface area contributed by atoms with E-state index in [0.29, 0.717) is 16.1 Å². The summed E-state index contributed by atoms with van der Waals surface area (Å²) in [5.41, 5.74) is 2.39. The smallest absolute Gasteiger partial charge is 0.266 e. The fraction of sp³-hybridized carbons (Fsp3) is 0.348. The highest BCUT2D eigenvalue weighted by atomic mass is 127. The summed E-state index contributed by atoms with van der Waals surface area (Å²) in [7, 11) is 0. The summed E-state index contributed by atoms with van der Waals surface area (Å²) in [5.74, 6) is 0.118. The Hall–Kier alpha value is -1.87. The van der Waals surface area contributed by atoms with Crippen LogP contribution in [-0.2, 0) is 4.79 Å². The number of aryl methyl sites for hydroxylation is 1. The van der Waals surface area contributed by atoms with Crippen molar-refractivity contribution in [3.8, 4) is 5.69 Å². The van der Waals surface area contributed by atoms with Gasteiger partial charge in [-0.1, -0.05) is 23.9 Å². The number of carbonyl (C=O) groups excluding carboxylic acids is 1. The van der Waals surface area contributed by atoms with Crippen LogP contribution in [0.2, 0.25) is 0 Å². The number of thioether (sulfide) groups is 1. The fourth-order valence-electron chi connectivity index (χ4n) is 3.79. The molecule has 30 heavy (non-hydrogen) atoms. The number of benzene rings is 2. The van der Waals surface area contributed by atoms with Gasteiger partial charge >= 0.3 is 0 Å². The number of hydrogen-bond acceptors (Lipinski definition) is 4. The number of likely N-dealkylation sites (tertiary alicyclic amines) is 1. The summed E-state index contributed by atoms with van der Waals surface area (Å²) in [6.07, 6.45) is 3.30. The molecule has 0 unspecified atom stereocenters. The number of fused-ring (bicyclic) bond motifs is 1. The molecule has 1 saturated heterocycles. The second-order valence-corrected chi connectivity index (χ2v) is 10.2. The lowest BCUT2D eigenvalue weighted by molar-refractivity contribution is -0.131. The number of amides is 1. The van der Waals surface area contributed by atoms with Crippen molar-refractivity contribution in [2.24, 2.45) is 0 Å². The molecule has 4 rings (SSSR count). The summed E-state index contributed by atoms with van der Waals surface area (Å²) < 4.78 is 2.64. The molecule has 1 amide bonds. The Morgan fingerprint density at radius 3 is 2.63 bits per heavy atom. The van der Waals surface area contributed by atoms with Gasteiger partial charge in [-0.2, -0.15) is 0 Å². The molecule has 0 spiro atoms. The molecule has 3 aromatic rings. The topological polar surface area (TPSA) is 55.2 Å². The van der Waals surface area contributed by atoms with Crippen molar-refractivity contribution in [2.45, 2.75) is 43.5 Å². The monoisotopic (exact) mass is 533 g/mol. The van der Waals surface area contributed by atoms with Crippen LogP contribution in [0.25, 0.3) is 16.6 Å². The number of nitrogens with zero attached hydrogens (tertiary/aromatic N) is 3. The van der Waals surface area contributed by atoms with Gasteiger partial charge in [0.1, 0.15) is 0 Å². The third-order valence-corrected chi connectivity index (χ3v) is 7.07. The lowest BCUT2D eigenvalue weighted by Gasteiger charge is -2.29. The molecule has 1 atom stereocenters. The van der Waals surface area contributed by atoms with Gasteiger partial charge < -0.3 is 4.90 Å². The van der Waals surface area contributed by atoms with Crippen LogP contribution in [-0.4, -0.2) is 38.7 Å². The standard InChI is InChI=1S/C23H24IN3O2S/c1-15-7-6-8-18(13-15)27-22(29)19-14-17(24)9-10-20(19)25-23(27)30-16(2)21(28)26-11-4-3-5-12-26/h6-10,13-14,16H,3-5,11-12H2,1-2H3/t16-/m0/s1. The van der Waals surface area contributed by atoms with Crippen LogP contribution in [0.1, 0.15) is 31.7 Å². The molecule has 2 heterocycles. The maximum Gasteiger partial charge on any atom is 0.266 e. The first-order valence-electron chi connectivity index (χ1n) is 10.2. The van der Waals surface area contributed by atoms with E-state index >= 15 is 0 Å². The van der Waals surface area contributed by atoms with Crippen molar-refractivity contribution in [1.29, 1.82) is 0 Å². The van der Waals surface area contributed by atoms with Gasteiger partial charge in [0.2, 0.25) is 5.91 Å². The Kier molecular flexibility index (Phi) is 6.48. The van der Waals surface area contributed by atoms with E-state index in [0.717, 1.165) is 40.8 Å². The predicted molar refractivity (Wildman–Crippen MR) is 131 cm³/mol. The number of rotatable bonds is 4. The molecule has 7 heteroatoms. The van der Waals surface area contributed by atoms with Gasteiger partial charge in [0.15, 0.2) is 5.16 Å². The third kappa shape index (κ3) is 4.42. The molecule has 1 aliphatic rings. The van der Waals surface area contributed by atoms with Crippen LogP contribution in [0.4, 0.5) is 0 Å². The second kappa shape index (κ2) is 9.09. The average molecular weight is 533 g/mol. The van der Waals surface area contributed by atoms with Crippen LogP contribution >= 0.6 is 34.4 Å². The zero-order chi connectivity index (χ0) is 21.3. The van der Waals surface area contributed by atoms with Crippen molar-refractivity contribution in [1.82, 2.24) is 14.5 Å². The van der Waals surface area contributed by atoms with Crippen molar-refractivity contribution in [3.05, 3.63) is 62.0 Å². The van der Waals surface area contributed by atoms with Crippen LogP contribution < -0.4 is 5.56 Å². The lowest BCUT2D eigenvalue weighted by atomic mass is 10.1. The van der Waals surface area contributed by atoms with E-state index in [2.05, 4.69) is 22.6 Å². The van der Waals surface area contributed by atoms with Crippen LogP contribution in [0, 0.1) is 10.5 Å². The Balaban J connectivity index is 1.79. The minimum Gasteiger partial charge on any atom is -0.342 e. The normalized spacial score (nSPS) is 15.4. The molecule has 1 aliphatic heterocycles. The zero-order valence-corrected chi connectivity index (χ0v) is 20.1. The van der Waals surface area contributed by atoms with Crippen LogP contribution in [0.3, 0.4) is 0 Å². The first-order chi connectivity index (χ1) is 14.4. The average Bonchev–Trinajstić information content (AvgIpc) is 2.74. The Morgan fingerprint density at radius 2 is 1.90 bits per heavy atom. The van der Waals surface area contributed by atoms with Crippen molar-refractivity contribution < 1.29 is 4.79 Å².